The number of carbonyl (C=O) groups is 1. The summed E-state index contributed by atoms with van der Waals surface area (Å²) in [7, 11) is -3.68. The fraction of sp³-hybridized carbons (Fsp3) is 0.435. The lowest BCUT2D eigenvalue weighted by Crippen LogP contribution is -2.50. The highest BCUT2D eigenvalue weighted by atomic mass is 32.2. The Kier molecular flexibility index (Phi) is 5.87. The Hall–Kier alpha value is -2.54. The Morgan fingerprint density at radius 2 is 1.87 bits per heavy atom. The number of ether oxygens (including phenoxy) is 1. The van der Waals surface area contributed by atoms with Crippen LogP contribution < -0.4 is 14.4 Å². The van der Waals surface area contributed by atoms with Crippen LogP contribution in [0.5, 0.6) is 5.75 Å². The average Bonchev–Trinajstić information content (AvgIpc) is 2.62. The van der Waals surface area contributed by atoms with Crippen molar-refractivity contribution in [1.82, 2.24) is 5.32 Å². The van der Waals surface area contributed by atoms with Gasteiger partial charge in [-0.25, -0.2) is 8.42 Å². The number of carbonyl (C=O) groups excluding carboxylic acids is 1. The van der Waals surface area contributed by atoms with Crippen molar-refractivity contribution in [2.24, 2.45) is 0 Å². The van der Waals surface area contributed by atoms with Gasteiger partial charge in [-0.1, -0.05) is 30.3 Å². The Morgan fingerprint density at radius 1 is 1.20 bits per heavy atom. The van der Waals surface area contributed by atoms with Crippen molar-refractivity contribution in [3.63, 3.8) is 0 Å². The molecular weight excluding hydrogens is 400 g/mol. The number of hydrogen-bond donors (Lipinski definition) is 1. The lowest BCUT2D eigenvalue weighted by molar-refractivity contribution is -0.123. The van der Waals surface area contributed by atoms with Crippen LogP contribution in [-0.4, -0.2) is 32.2 Å². The van der Waals surface area contributed by atoms with Crippen molar-refractivity contribution < 1.29 is 17.9 Å². The minimum atomic E-state index is -3.68. The number of anilines is 1. The molecule has 1 aliphatic rings. The van der Waals surface area contributed by atoms with Gasteiger partial charge in [0.05, 0.1) is 18.0 Å². The summed E-state index contributed by atoms with van der Waals surface area (Å²) in [5.74, 6) is 0.389. The van der Waals surface area contributed by atoms with Gasteiger partial charge in [0.25, 0.3) is 0 Å². The van der Waals surface area contributed by atoms with Crippen molar-refractivity contribution in [2.45, 2.75) is 58.7 Å². The summed E-state index contributed by atoms with van der Waals surface area (Å²) in [5, 5.41) is 3.06. The summed E-state index contributed by atoms with van der Waals surface area (Å²) >= 11 is 0. The van der Waals surface area contributed by atoms with Crippen molar-refractivity contribution in [3.05, 3.63) is 59.2 Å². The first-order valence-electron chi connectivity index (χ1n) is 10.0. The number of aryl methyl sites for hydroxylation is 2. The standard InChI is InChI=1S/C23H30N2O4S/c1-15-11-12-16(2)20(13-15)25(30(6,27)28)17(3)22(26)24-19-14-23(4,5)29-21-10-8-7-9-18(19)21/h7-13,17,19H,14H2,1-6H3,(H,24,26)/t17-,19+/m0/s1. The van der Waals surface area contributed by atoms with Gasteiger partial charge in [0.1, 0.15) is 17.4 Å². The second-order valence-electron chi connectivity index (χ2n) is 8.69. The molecule has 1 amide bonds. The van der Waals surface area contributed by atoms with Gasteiger partial charge in [0.15, 0.2) is 0 Å². The molecule has 0 fully saturated rings. The summed E-state index contributed by atoms with van der Waals surface area (Å²) in [5.41, 5.74) is 2.70. The van der Waals surface area contributed by atoms with E-state index in [0.29, 0.717) is 12.1 Å². The Labute approximate surface area is 179 Å². The van der Waals surface area contributed by atoms with Gasteiger partial charge in [-0.05, 0) is 57.9 Å². The Balaban J connectivity index is 1.93. The summed E-state index contributed by atoms with van der Waals surface area (Å²) < 4.78 is 32.6. The van der Waals surface area contributed by atoms with E-state index in [1.54, 1.807) is 13.0 Å². The van der Waals surface area contributed by atoms with Crippen LogP contribution in [-0.2, 0) is 14.8 Å². The van der Waals surface area contributed by atoms with Gasteiger partial charge in [-0.2, -0.15) is 0 Å². The smallest absolute Gasteiger partial charge is 0.244 e. The minimum Gasteiger partial charge on any atom is -0.487 e. The molecule has 0 aliphatic carbocycles. The van der Waals surface area contributed by atoms with E-state index in [1.807, 2.05) is 64.1 Å². The largest absolute Gasteiger partial charge is 0.487 e. The third kappa shape index (κ3) is 4.61. The number of nitrogens with one attached hydrogen (secondary N) is 1. The number of hydrogen-bond acceptors (Lipinski definition) is 4. The number of benzene rings is 2. The predicted octanol–water partition coefficient (Wildman–Crippen LogP) is 3.88. The van der Waals surface area contributed by atoms with E-state index < -0.39 is 21.7 Å². The molecule has 0 bridgehead atoms. The van der Waals surface area contributed by atoms with E-state index in [4.69, 9.17) is 4.74 Å². The van der Waals surface area contributed by atoms with Gasteiger partial charge < -0.3 is 10.1 Å². The monoisotopic (exact) mass is 430 g/mol. The molecule has 1 heterocycles. The molecule has 0 aromatic heterocycles. The highest BCUT2D eigenvalue weighted by Crippen LogP contribution is 2.39. The molecular formula is C23H30N2O4S. The lowest BCUT2D eigenvalue weighted by atomic mass is 9.89. The van der Waals surface area contributed by atoms with Crippen molar-refractivity contribution in [1.29, 1.82) is 0 Å². The fourth-order valence-corrected chi connectivity index (χ4v) is 5.19. The Bertz CT molecular complexity index is 1060. The molecule has 2 aromatic carbocycles. The predicted molar refractivity (Wildman–Crippen MR) is 119 cm³/mol. The van der Waals surface area contributed by atoms with Gasteiger partial charge in [0.2, 0.25) is 15.9 Å². The molecule has 0 saturated heterocycles. The van der Waals surface area contributed by atoms with E-state index in [9.17, 15) is 13.2 Å². The van der Waals surface area contributed by atoms with E-state index in [-0.39, 0.29) is 11.9 Å². The topological polar surface area (TPSA) is 75.7 Å². The maximum atomic E-state index is 13.2. The number of amides is 1. The van der Waals surface area contributed by atoms with Crippen LogP contribution in [0.25, 0.3) is 0 Å². The van der Waals surface area contributed by atoms with Crippen molar-refractivity contribution in [2.75, 3.05) is 10.6 Å². The molecule has 0 spiro atoms. The number of fused-ring (bicyclic) bond motifs is 1. The third-order valence-electron chi connectivity index (χ3n) is 5.38. The van der Waals surface area contributed by atoms with E-state index in [2.05, 4.69) is 5.32 Å². The summed E-state index contributed by atoms with van der Waals surface area (Å²) in [4.78, 5) is 13.2. The summed E-state index contributed by atoms with van der Waals surface area (Å²) in [6.07, 6.45) is 1.72. The van der Waals surface area contributed by atoms with Crippen LogP contribution in [0.4, 0.5) is 5.69 Å². The highest BCUT2D eigenvalue weighted by Gasteiger charge is 2.37. The van der Waals surface area contributed by atoms with E-state index in [1.165, 1.54) is 4.31 Å². The molecule has 2 atom stereocenters. The summed E-state index contributed by atoms with van der Waals surface area (Å²) in [6.45, 7) is 9.31. The first-order valence-corrected chi connectivity index (χ1v) is 11.9. The number of para-hydroxylation sites is 1. The number of rotatable bonds is 5. The second kappa shape index (κ2) is 7.95. The van der Waals surface area contributed by atoms with E-state index >= 15 is 0 Å². The van der Waals surface area contributed by atoms with Gasteiger partial charge >= 0.3 is 0 Å². The molecule has 0 unspecified atom stereocenters. The lowest BCUT2D eigenvalue weighted by Gasteiger charge is -2.39. The normalized spacial score (nSPS) is 18.7. The fourth-order valence-electron chi connectivity index (χ4n) is 3.96. The van der Waals surface area contributed by atoms with Gasteiger partial charge in [0, 0.05) is 12.0 Å². The zero-order valence-corrected chi connectivity index (χ0v) is 19.2. The molecule has 30 heavy (non-hydrogen) atoms. The summed E-state index contributed by atoms with van der Waals surface area (Å²) in [6, 6.07) is 12.0. The molecule has 1 N–H and O–H groups in total. The molecule has 1 aliphatic heterocycles. The van der Waals surface area contributed by atoms with Crippen molar-refractivity contribution in [3.8, 4) is 5.75 Å². The van der Waals surface area contributed by atoms with Crippen LogP contribution in [0.2, 0.25) is 0 Å². The maximum absolute atomic E-state index is 13.2. The highest BCUT2D eigenvalue weighted by molar-refractivity contribution is 7.92. The van der Waals surface area contributed by atoms with Crippen LogP contribution in [0.1, 0.15) is 49.9 Å². The first kappa shape index (κ1) is 22.2. The quantitative estimate of drug-likeness (QED) is 0.781. The third-order valence-corrected chi connectivity index (χ3v) is 6.61. The van der Waals surface area contributed by atoms with Crippen LogP contribution in [0, 0.1) is 13.8 Å². The Morgan fingerprint density at radius 3 is 2.53 bits per heavy atom. The number of sulfonamides is 1. The maximum Gasteiger partial charge on any atom is 0.244 e. The molecule has 162 valence electrons. The molecule has 2 aromatic rings. The molecule has 0 radical (unpaired) electrons. The molecule has 3 rings (SSSR count). The zero-order chi connectivity index (χ0) is 22.3. The average molecular weight is 431 g/mol. The van der Waals surface area contributed by atoms with Crippen LogP contribution in [0.3, 0.4) is 0 Å². The SMILES string of the molecule is Cc1ccc(C)c(N([C@@H](C)C(=O)N[C@@H]2CC(C)(C)Oc3ccccc32)S(C)(=O)=O)c1. The van der Waals surface area contributed by atoms with Gasteiger partial charge in [-0.3, -0.25) is 9.10 Å². The number of nitrogens with zero attached hydrogens (tertiary/aromatic N) is 1. The van der Waals surface area contributed by atoms with Crippen LogP contribution >= 0.6 is 0 Å². The molecule has 0 saturated carbocycles. The van der Waals surface area contributed by atoms with E-state index in [0.717, 1.165) is 28.7 Å². The second-order valence-corrected chi connectivity index (χ2v) is 10.5. The zero-order valence-electron chi connectivity index (χ0n) is 18.4. The molecule has 7 heteroatoms. The van der Waals surface area contributed by atoms with Gasteiger partial charge in [-0.15, -0.1) is 0 Å². The van der Waals surface area contributed by atoms with Crippen LogP contribution in [0.15, 0.2) is 42.5 Å². The molecule has 6 nitrogen and oxygen atoms in total. The first-order chi connectivity index (χ1) is 13.9. The van der Waals surface area contributed by atoms with Crippen molar-refractivity contribution >= 4 is 21.6 Å². The minimum absolute atomic E-state index is 0.264.